The van der Waals surface area contributed by atoms with E-state index in [9.17, 15) is 4.79 Å². The van der Waals surface area contributed by atoms with Crippen molar-refractivity contribution in [2.24, 2.45) is 0 Å². The van der Waals surface area contributed by atoms with E-state index in [1.807, 2.05) is 36.4 Å². The van der Waals surface area contributed by atoms with E-state index in [1.54, 1.807) is 12.4 Å². The molecular formula is C15H17N3O. The van der Waals surface area contributed by atoms with Crippen LogP contribution in [0.5, 0.6) is 0 Å². The van der Waals surface area contributed by atoms with Crippen molar-refractivity contribution in [2.75, 3.05) is 5.73 Å². The van der Waals surface area contributed by atoms with Gasteiger partial charge in [0.15, 0.2) is 0 Å². The lowest BCUT2D eigenvalue weighted by atomic mass is 10.1. The molecule has 0 saturated carbocycles. The Morgan fingerprint density at radius 2 is 2.05 bits per heavy atom. The standard InChI is InChI=1S/C15H17N3O/c16-14-6-2-1-5-13(14)7-8-15(19)18-11-12-4-3-9-17-10-12/h1-6,9-10H,7-8,11,16H2,(H,18,19). The fourth-order valence-electron chi connectivity index (χ4n) is 1.80. The zero-order chi connectivity index (χ0) is 13.5. The predicted molar refractivity (Wildman–Crippen MR) is 75.3 cm³/mol. The second-order valence-corrected chi connectivity index (χ2v) is 4.34. The zero-order valence-electron chi connectivity index (χ0n) is 10.7. The van der Waals surface area contributed by atoms with Crippen LogP contribution in [0.15, 0.2) is 48.8 Å². The Kier molecular flexibility index (Phi) is 4.50. The number of amides is 1. The highest BCUT2D eigenvalue weighted by Gasteiger charge is 2.04. The summed E-state index contributed by atoms with van der Waals surface area (Å²) in [5, 5.41) is 2.87. The number of carbonyl (C=O) groups excluding carboxylic acids is 1. The number of carbonyl (C=O) groups is 1. The topological polar surface area (TPSA) is 68.0 Å². The van der Waals surface area contributed by atoms with Crippen molar-refractivity contribution in [3.8, 4) is 0 Å². The molecular weight excluding hydrogens is 238 g/mol. The summed E-state index contributed by atoms with van der Waals surface area (Å²) in [4.78, 5) is 15.7. The van der Waals surface area contributed by atoms with Crippen molar-refractivity contribution in [1.82, 2.24) is 10.3 Å². The number of rotatable bonds is 5. The number of hydrogen-bond donors (Lipinski definition) is 2. The number of nitrogen functional groups attached to an aromatic ring is 1. The van der Waals surface area contributed by atoms with Crippen LogP contribution in [0.4, 0.5) is 5.69 Å². The average molecular weight is 255 g/mol. The highest BCUT2D eigenvalue weighted by Crippen LogP contribution is 2.12. The van der Waals surface area contributed by atoms with Crippen molar-refractivity contribution >= 4 is 11.6 Å². The van der Waals surface area contributed by atoms with Crippen molar-refractivity contribution in [2.45, 2.75) is 19.4 Å². The smallest absolute Gasteiger partial charge is 0.220 e. The first kappa shape index (κ1) is 13.1. The normalized spacial score (nSPS) is 10.1. The van der Waals surface area contributed by atoms with E-state index in [0.717, 1.165) is 16.8 Å². The van der Waals surface area contributed by atoms with Gasteiger partial charge < -0.3 is 11.1 Å². The SMILES string of the molecule is Nc1ccccc1CCC(=O)NCc1cccnc1. The van der Waals surface area contributed by atoms with Crippen LogP contribution in [-0.2, 0) is 17.8 Å². The van der Waals surface area contributed by atoms with Gasteiger partial charge in [0, 0.05) is 31.0 Å². The summed E-state index contributed by atoms with van der Waals surface area (Å²) >= 11 is 0. The fourth-order valence-corrected chi connectivity index (χ4v) is 1.80. The highest BCUT2D eigenvalue weighted by molar-refractivity contribution is 5.76. The molecule has 0 spiro atoms. The molecule has 98 valence electrons. The van der Waals surface area contributed by atoms with Crippen LogP contribution < -0.4 is 11.1 Å². The molecule has 0 radical (unpaired) electrons. The van der Waals surface area contributed by atoms with E-state index in [2.05, 4.69) is 10.3 Å². The number of hydrogen-bond acceptors (Lipinski definition) is 3. The van der Waals surface area contributed by atoms with Gasteiger partial charge in [0.2, 0.25) is 5.91 Å². The summed E-state index contributed by atoms with van der Waals surface area (Å²) in [6.07, 6.45) is 4.55. The van der Waals surface area contributed by atoms with Gasteiger partial charge in [-0.15, -0.1) is 0 Å². The quantitative estimate of drug-likeness (QED) is 0.802. The molecule has 4 nitrogen and oxygen atoms in total. The van der Waals surface area contributed by atoms with Crippen LogP contribution in [0.1, 0.15) is 17.5 Å². The van der Waals surface area contributed by atoms with Gasteiger partial charge in [0.25, 0.3) is 0 Å². The van der Waals surface area contributed by atoms with Gasteiger partial charge in [-0.3, -0.25) is 9.78 Å². The number of para-hydroxylation sites is 1. The summed E-state index contributed by atoms with van der Waals surface area (Å²) in [5.74, 6) is 0.0205. The van der Waals surface area contributed by atoms with Gasteiger partial charge >= 0.3 is 0 Å². The van der Waals surface area contributed by atoms with E-state index >= 15 is 0 Å². The van der Waals surface area contributed by atoms with Crippen molar-refractivity contribution in [1.29, 1.82) is 0 Å². The molecule has 0 bridgehead atoms. The second kappa shape index (κ2) is 6.54. The molecule has 1 heterocycles. The Balaban J connectivity index is 1.78. The first-order chi connectivity index (χ1) is 9.25. The molecule has 1 amide bonds. The third kappa shape index (κ3) is 4.10. The highest BCUT2D eigenvalue weighted by atomic mass is 16.1. The number of benzene rings is 1. The molecule has 2 rings (SSSR count). The molecule has 2 aromatic rings. The largest absolute Gasteiger partial charge is 0.399 e. The molecule has 0 saturated heterocycles. The van der Waals surface area contributed by atoms with Crippen LogP contribution in [0, 0.1) is 0 Å². The van der Waals surface area contributed by atoms with Gasteiger partial charge in [0.05, 0.1) is 0 Å². The molecule has 0 atom stereocenters. The van der Waals surface area contributed by atoms with E-state index in [0.29, 0.717) is 19.4 Å². The Bertz CT molecular complexity index is 540. The van der Waals surface area contributed by atoms with Crippen molar-refractivity contribution in [3.63, 3.8) is 0 Å². The third-order valence-electron chi connectivity index (χ3n) is 2.89. The Hall–Kier alpha value is -2.36. The summed E-state index contributed by atoms with van der Waals surface area (Å²) in [6, 6.07) is 11.4. The summed E-state index contributed by atoms with van der Waals surface area (Å²) in [6.45, 7) is 0.511. The van der Waals surface area contributed by atoms with Crippen LogP contribution in [0.3, 0.4) is 0 Å². The zero-order valence-corrected chi connectivity index (χ0v) is 10.7. The lowest BCUT2D eigenvalue weighted by molar-refractivity contribution is -0.121. The van der Waals surface area contributed by atoms with Gasteiger partial charge in [-0.05, 0) is 29.7 Å². The summed E-state index contributed by atoms with van der Waals surface area (Å²) < 4.78 is 0. The van der Waals surface area contributed by atoms with Gasteiger partial charge in [-0.1, -0.05) is 24.3 Å². The molecule has 0 aliphatic rings. The summed E-state index contributed by atoms with van der Waals surface area (Å²) in [5.41, 5.74) is 8.58. The molecule has 0 aliphatic carbocycles. The van der Waals surface area contributed by atoms with Crippen molar-refractivity contribution < 1.29 is 4.79 Å². The van der Waals surface area contributed by atoms with Crippen LogP contribution >= 0.6 is 0 Å². The maximum atomic E-state index is 11.7. The van der Waals surface area contributed by atoms with Crippen LogP contribution in [-0.4, -0.2) is 10.9 Å². The first-order valence-corrected chi connectivity index (χ1v) is 6.24. The molecule has 0 aliphatic heterocycles. The van der Waals surface area contributed by atoms with E-state index in [1.165, 1.54) is 0 Å². The maximum Gasteiger partial charge on any atom is 0.220 e. The van der Waals surface area contributed by atoms with Crippen LogP contribution in [0.25, 0.3) is 0 Å². The van der Waals surface area contributed by atoms with Crippen molar-refractivity contribution in [3.05, 3.63) is 59.9 Å². The third-order valence-corrected chi connectivity index (χ3v) is 2.89. The number of anilines is 1. The maximum absolute atomic E-state index is 11.7. The van der Waals surface area contributed by atoms with E-state index < -0.39 is 0 Å². The molecule has 0 unspecified atom stereocenters. The molecule has 4 heteroatoms. The van der Waals surface area contributed by atoms with Gasteiger partial charge in [-0.2, -0.15) is 0 Å². The number of pyridine rings is 1. The minimum absolute atomic E-state index is 0.0205. The number of nitrogens with one attached hydrogen (secondary N) is 1. The molecule has 1 aromatic heterocycles. The lowest BCUT2D eigenvalue weighted by Gasteiger charge is -2.06. The molecule has 1 aromatic carbocycles. The Morgan fingerprint density at radius 1 is 1.21 bits per heavy atom. The second-order valence-electron chi connectivity index (χ2n) is 4.34. The van der Waals surface area contributed by atoms with Gasteiger partial charge in [0.1, 0.15) is 0 Å². The summed E-state index contributed by atoms with van der Waals surface area (Å²) in [7, 11) is 0. The molecule has 3 N–H and O–H groups in total. The number of aryl methyl sites for hydroxylation is 1. The predicted octanol–water partition coefficient (Wildman–Crippen LogP) is 1.91. The lowest BCUT2D eigenvalue weighted by Crippen LogP contribution is -2.23. The molecule has 19 heavy (non-hydrogen) atoms. The van der Waals surface area contributed by atoms with E-state index in [4.69, 9.17) is 5.73 Å². The Labute approximate surface area is 112 Å². The minimum Gasteiger partial charge on any atom is -0.399 e. The first-order valence-electron chi connectivity index (χ1n) is 6.24. The van der Waals surface area contributed by atoms with Gasteiger partial charge in [-0.25, -0.2) is 0 Å². The van der Waals surface area contributed by atoms with E-state index in [-0.39, 0.29) is 5.91 Å². The Morgan fingerprint density at radius 3 is 2.79 bits per heavy atom. The number of aromatic nitrogens is 1. The number of nitrogens with two attached hydrogens (primary N) is 1. The minimum atomic E-state index is 0.0205. The number of nitrogens with zero attached hydrogens (tertiary/aromatic N) is 1. The average Bonchev–Trinajstić information content (AvgIpc) is 2.45. The fraction of sp³-hybridized carbons (Fsp3) is 0.200. The monoisotopic (exact) mass is 255 g/mol. The molecule has 0 fully saturated rings. The van der Waals surface area contributed by atoms with Crippen LogP contribution in [0.2, 0.25) is 0 Å².